The standard InChI is InChI=1S/C29H18Cl3N3O4/c30-18-8-15-23(31)24(16-18)35-28(37)25(32)26(29(35)38)33-19-9-6-17(7-10-19)27(36)34-20-11-13-22(14-12-20)39-21-4-2-1-3-5-21/h1-16,33H,(H,34,36). The second kappa shape index (κ2) is 11.2. The summed E-state index contributed by atoms with van der Waals surface area (Å²) in [5.41, 5.74) is 1.43. The van der Waals surface area contributed by atoms with Gasteiger partial charge in [-0.25, -0.2) is 4.90 Å². The number of imide groups is 1. The maximum absolute atomic E-state index is 13.0. The van der Waals surface area contributed by atoms with Crippen LogP contribution in [-0.2, 0) is 9.59 Å². The minimum Gasteiger partial charge on any atom is -0.457 e. The molecule has 0 fully saturated rings. The predicted molar refractivity (Wildman–Crippen MR) is 153 cm³/mol. The molecule has 10 heteroatoms. The smallest absolute Gasteiger partial charge is 0.283 e. The molecule has 0 aliphatic carbocycles. The topological polar surface area (TPSA) is 87.7 Å². The minimum atomic E-state index is -0.732. The van der Waals surface area contributed by atoms with Gasteiger partial charge in [0.15, 0.2) is 0 Å². The zero-order valence-corrected chi connectivity index (χ0v) is 22.2. The molecule has 0 unspecified atom stereocenters. The molecule has 1 aliphatic heterocycles. The largest absolute Gasteiger partial charge is 0.457 e. The highest BCUT2D eigenvalue weighted by molar-refractivity contribution is 6.54. The summed E-state index contributed by atoms with van der Waals surface area (Å²) in [6.07, 6.45) is 0. The number of para-hydroxylation sites is 1. The van der Waals surface area contributed by atoms with Crippen molar-refractivity contribution in [2.24, 2.45) is 0 Å². The molecule has 1 heterocycles. The molecule has 0 atom stereocenters. The molecular weight excluding hydrogens is 561 g/mol. The van der Waals surface area contributed by atoms with Crippen molar-refractivity contribution in [3.05, 3.63) is 123 Å². The number of rotatable bonds is 7. The fourth-order valence-electron chi connectivity index (χ4n) is 3.77. The van der Waals surface area contributed by atoms with Gasteiger partial charge in [-0.3, -0.25) is 14.4 Å². The summed E-state index contributed by atoms with van der Waals surface area (Å²) in [5.74, 6) is -0.395. The molecular formula is C29H18Cl3N3O4. The van der Waals surface area contributed by atoms with Gasteiger partial charge in [0.05, 0.1) is 10.7 Å². The Labute approximate surface area is 238 Å². The van der Waals surface area contributed by atoms with Crippen molar-refractivity contribution in [3.63, 3.8) is 0 Å². The molecule has 0 spiro atoms. The average molecular weight is 579 g/mol. The van der Waals surface area contributed by atoms with Gasteiger partial charge in [0.1, 0.15) is 22.2 Å². The Hall–Kier alpha value is -4.30. The van der Waals surface area contributed by atoms with Crippen molar-refractivity contribution >= 4 is 69.6 Å². The highest BCUT2D eigenvalue weighted by Crippen LogP contribution is 2.36. The number of anilines is 3. The number of carbonyl (C=O) groups excluding carboxylic acids is 3. The minimum absolute atomic E-state index is 0.118. The lowest BCUT2D eigenvalue weighted by molar-refractivity contribution is -0.120. The monoisotopic (exact) mass is 577 g/mol. The third-order valence-corrected chi connectivity index (χ3v) is 6.59. The van der Waals surface area contributed by atoms with Crippen LogP contribution in [0.4, 0.5) is 17.1 Å². The van der Waals surface area contributed by atoms with Crippen molar-refractivity contribution in [1.29, 1.82) is 0 Å². The fraction of sp³-hybridized carbons (Fsp3) is 0. The number of hydrogen-bond donors (Lipinski definition) is 2. The summed E-state index contributed by atoms with van der Waals surface area (Å²) in [7, 11) is 0. The number of nitrogens with zero attached hydrogens (tertiary/aromatic N) is 1. The number of carbonyl (C=O) groups is 3. The number of ether oxygens (including phenoxy) is 1. The summed E-state index contributed by atoms with van der Waals surface area (Å²) in [6, 6.07) is 27.1. The Bertz CT molecular complexity index is 1610. The first kappa shape index (κ1) is 26.3. The lowest BCUT2D eigenvalue weighted by atomic mass is 10.2. The van der Waals surface area contributed by atoms with Crippen LogP contribution in [0.3, 0.4) is 0 Å². The Morgan fingerprint density at radius 3 is 2.05 bits per heavy atom. The Balaban J connectivity index is 1.23. The molecule has 0 radical (unpaired) electrons. The Kier molecular flexibility index (Phi) is 7.56. The zero-order valence-electron chi connectivity index (χ0n) is 20.0. The van der Waals surface area contributed by atoms with Crippen molar-refractivity contribution in [1.82, 2.24) is 0 Å². The van der Waals surface area contributed by atoms with E-state index >= 15 is 0 Å². The van der Waals surface area contributed by atoms with E-state index in [-0.39, 0.29) is 27.3 Å². The fourth-order valence-corrected chi connectivity index (χ4v) is 4.35. The summed E-state index contributed by atoms with van der Waals surface area (Å²) in [4.78, 5) is 39.3. The van der Waals surface area contributed by atoms with Gasteiger partial charge in [-0.05, 0) is 78.9 Å². The van der Waals surface area contributed by atoms with Crippen molar-refractivity contribution in [3.8, 4) is 11.5 Å². The third kappa shape index (κ3) is 5.76. The van der Waals surface area contributed by atoms with Gasteiger partial charge in [0, 0.05) is 22.0 Å². The van der Waals surface area contributed by atoms with Crippen LogP contribution in [0.25, 0.3) is 0 Å². The van der Waals surface area contributed by atoms with Gasteiger partial charge in [-0.2, -0.15) is 0 Å². The SMILES string of the molecule is O=C(Nc1ccc(Oc2ccccc2)cc1)c1ccc(NC2=C(Cl)C(=O)N(c3cc(Cl)ccc3Cl)C2=O)cc1. The first-order chi connectivity index (χ1) is 18.8. The summed E-state index contributed by atoms with van der Waals surface area (Å²) < 4.78 is 5.76. The van der Waals surface area contributed by atoms with E-state index in [2.05, 4.69) is 10.6 Å². The quantitative estimate of drug-likeness (QED) is 0.222. The summed E-state index contributed by atoms with van der Waals surface area (Å²) in [6.45, 7) is 0. The van der Waals surface area contributed by atoms with E-state index in [1.807, 2.05) is 30.3 Å². The Morgan fingerprint density at radius 2 is 1.36 bits per heavy atom. The maximum Gasteiger partial charge on any atom is 0.283 e. The number of halogens is 3. The van der Waals surface area contributed by atoms with Crippen LogP contribution in [0.5, 0.6) is 11.5 Å². The second-order valence-corrected chi connectivity index (χ2v) is 9.55. The summed E-state index contributed by atoms with van der Waals surface area (Å²) >= 11 is 18.4. The normalized spacial score (nSPS) is 13.1. The van der Waals surface area contributed by atoms with Crippen LogP contribution in [0.15, 0.2) is 108 Å². The molecule has 39 heavy (non-hydrogen) atoms. The summed E-state index contributed by atoms with van der Waals surface area (Å²) in [5, 5.41) is 5.86. The maximum atomic E-state index is 13.0. The van der Waals surface area contributed by atoms with Crippen LogP contribution in [0.2, 0.25) is 10.0 Å². The first-order valence-corrected chi connectivity index (χ1v) is 12.7. The van der Waals surface area contributed by atoms with Gasteiger partial charge in [0.25, 0.3) is 17.7 Å². The van der Waals surface area contributed by atoms with Gasteiger partial charge >= 0.3 is 0 Å². The molecule has 3 amide bonds. The molecule has 0 saturated carbocycles. The van der Waals surface area contributed by atoms with Crippen LogP contribution in [0.1, 0.15) is 10.4 Å². The lowest BCUT2D eigenvalue weighted by Gasteiger charge is -2.17. The van der Waals surface area contributed by atoms with Crippen LogP contribution in [-0.4, -0.2) is 17.7 Å². The van der Waals surface area contributed by atoms with Crippen LogP contribution >= 0.6 is 34.8 Å². The lowest BCUT2D eigenvalue weighted by Crippen LogP contribution is -2.32. The highest BCUT2D eigenvalue weighted by atomic mass is 35.5. The highest BCUT2D eigenvalue weighted by Gasteiger charge is 2.40. The zero-order chi connectivity index (χ0) is 27.5. The number of nitrogens with one attached hydrogen (secondary N) is 2. The van der Waals surface area contributed by atoms with Crippen LogP contribution < -0.4 is 20.3 Å². The molecule has 0 bridgehead atoms. The number of amides is 3. The van der Waals surface area contributed by atoms with Crippen LogP contribution in [0, 0.1) is 0 Å². The van der Waals surface area contributed by atoms with Crippen molar-refractivity contribution in [2.75, 3.05) is 15.5 Å². The molecule has 7 nitrogen and oxygen atoms in total. The molecule has 4 aromatic carbocycles. The van der Waals surface area contributed by atoms with Gasteiger partial charge in [-0.15, -0.1) is 0 Å². The predicted octanol–water partition coefficient (Wildman–Crippen LogP) is 7.47. The number of hydrogen-bond acceptors (Lipinski definition) is 5. The number of benzene rings is 4. The third-order valence-electron chi connectivity index (χ3n) is 5.68. The first-order valence-electron chi connectivity index (χ1n) is 11.5. The Morgan fingerprint density at radius 1 is 0.718 bits per heavy atom. The van der Waals surface area contributed by atoms with E-state index in [4.69, 9.17) is 39.5 Å². The van der Waals surface area contributed by atoms with E-state index in [1.165, 1.54) is 12.1 Å². The van der Waals surface area contributed by atoms with Gasteiger partial charge in [-0.1, -0.05) is 53.0 Å². The molecule has 194 valence electrons. The molecule has 4 aromatic rings. The molecule has 5 rings (SSSR count). The molecule has 2 N–H and O–H groups in total. The molecule has 0 saturated heterocycles. The van der Waals surface area contributed by atoms with E-state index < -0.39 is 11.8 Å². The van der Waals surface area contributed by atoms with E-state index in [0.717, 1.165) is 4.90 Å². The van der Waals surface area contributed by atoms with Crippen molar-refractivity contribution in [2.45, 2.75) is 0 Å². The van der Waals surface area contributed by atoms with E-state index in [1.54, 1.807) is 54.6 Å². The average Bonchev–Trinajstić information content (AvgIpc) is 3.15. The van der Waals surface area contributed by atoms with E-state index in [9.17, 15) is 14.4 Å². The van der Waals surface area contributed by atoms with Gasteiger partial charge < -0.3 is 15.4 Å². The van der Waals surface area contributed by atoms with Crippen molar-refractivity contribution < 1.29 is 19.1 Å². The van der Waals surface area contributed by atoms with E-state index in [0.29, 0.717) is 33.5 Å². The molecule has 0 aromatic heterocycles. The second-order valence-electron chi connectivity index (χ2n) is 8.33. The molecule has 1 aliphatic rings. The van der Waals surface area contributed by atoms with Gasteiger partial charge in [0.2, 0.25) is 0 Å².